The first-order valence-corrected chi connectivity index (χ1v) is 15.9. The summed E-state index contributed by atoms with van der Waals surface area (Å²) in [6.07, 6.45) is 6.84. The number of benzene rings is 2. The van der Waals surface area contributed by atoms with Crippen molar-refractivity contribution in [2.24, 2.45) is 5.41 Å². The first-order chi connectivity index (χ1) is 20.5. The van der Waals surface area contributed by atoms with Crippen molar-refractivity contribution in [1.29, 1.82) is 0 Å². The number of aliphatic hydroxyl groups is 2. The maximum atomic E-state index is 14.2. The zero-order chi connectivity index (χ0) is 30.8. The molecule has 232 valence electrons. The summed E-state index contributed by atoms with van der Waals surface area (Å²) in [6, 6.07) is 13.4. The van der Waals surface area contributed by atoms with Crippen LogP contribution in [-0.4, -0.2) is 83.2 Å². The fourth-order valence-electron chi connectivity index (χ4n) is 7.69. The van der Waals surface area contributed by atoms with E-state index in [2.05, 4.69) is 37.0 Å². The second-order valence-corrected chi connectivity index (χ2v) is 13.3. The van der Waals surface area contributed by atoms with Gasteiger partial charge in [0.2, 0.25) is 5.91 Å². The van der Waals surface area contributed by atoms with E-state index >= 15 is 0 Å². The molecule has 6 rings (SSSR count). The Kier molecular flexibility index (Phi) is 9.45. The van der Waals surface area contributed by atoms with Gasteiger partial charge in [0, 0.05) is 56.2 Å². The summed E-state index contributed by atoms with van der Waals surface area (Å²) in [4.78, 5) is 30.3. The van der Waals surface area contributed by atoms with E-state index in [1.54, 1.807) is 14.0 Å². The number of piperazine rings is 1. The zero-order valence-corrected chi connectivity index (χ0v) is 26.3. The molecular formula is C36H48N2O5. The number of β-amino-alcohol motifs (C(OH)–C–C–N with tert-alkyl or cyclic N) is 1. The molecule has 43 heavy (non-hydrogen) atoms. The summed E-state index contributed by atoms with van der Waals surface area (Å²) in [5, 5.41) is 23.4. The molecule has 1 aliphatic heterocycles. The monoisotopic (exact) mass is 588 g/mol. The smallest absolute Gasteiger partial charge is 0.219 e. The van der Waals surface area contributed by atoms with E-state index in [9.17, 15) is 19.8 Å². The molecule has 1 saturated heterocycles. The standard InChI is InChI=1S/C36H48N2O5/c1-25-6-5-16-35(3)33(15-17-36(35,42)24-37-18-20-38(21-19-37)26(2)39)31-14-8-27(22-29(40)11-7-25)23-32(31)34(41)28-9-12-30(43-4)13-10-28/h6,8-10,12-14,23,29,33,40,42H,5,7,11,15-22,24H2,1-4H3/t29-,33-,35-,36+/m0/s1. The van der Waals surface area contributed by atoms with Crippen LogP contribution in [-0.2, 0) is 11.2 Å². The van der Waals surface area contributed by atoms with Gasteiger partial charge in [-0.25, -0.2) is 0 Å². The summed E-state index contributed by atoms with van der Waals surface area (Å²) in [5.74, 6) is 0.743. The van der Waals surface area contributed by atoms with Crippen molar-refractivity contribution >= 4 is 11.7 Å². The lowest BCUT2D eigenvalue weighted by atomic mass is 9.64. The Balaban J connectivity index is 1.54. The van der Waals surface area contributed by atoms with Crippen molar-refractivity contribution in [3.63, 3.8) is 0 Å². The molecule has 7 nitrogen and oxygen atoms in total. The molecule has 2 aromatic carbocycles. The number of hydrogen-bond acceptors (Lipinski definition) is 6. The Labute approximate surface area is 256 Å². The molecule has 3 aliphatic carbocycles. The van der Waals surface area contributed by atoms with Crippen LogP contribution in [0.15, 0.2) is 54.1 Å². The number of allylic oxidation sites excluding steroid dienone is 2. The van der Waals surface area contributed by atoms with Gasteiger partial charge < -0.3 is 19.8 Å². The van der Waals surface area contributed by atoms with E-state index in [1.807, 2.05) is 35.2 Å². The Morgan fingerprint density at radius 1 is 1.02 bits per heavy atom. The minimum absolute atomic E-state index is 0.0103. The maximum Gasteiger partial charge on any atom is 0.219 e. The van der Waals surface area contributed by atoms with Crippen LogP contribution in [0.25, 0.3) is 0 Å². The lowest BCUT2D eigenvalue weighted by molar-refractivity contribution is -0.132. The second-order valence-electron chi connectivity index (χ2n) is 13.3. The first kappa shape index (κ1) is 31.4. The van der Waals surface area contributed by atoms with E-state index in [0.717, 1.165) is 49.9 Å². The van der Waals surface area contributed by atoms with Gasteiger partial charge in [-0.15, -0.1) is 0 Å². The van der Waals surface area contributed by atoms with Gasteiger partial charge in [0.25, 0.3) is 0 Å². The van der Waals surface area contributed by atoms with E-state index in [0.29, 0.717) is 55.8 Å². The highest BCUT2D eigenvalue weighted by atomic mass is 16.5. The van der Waals surface area contributed by atoms with Crippen LogP contribution in [0, 0.1) is 5.41 Å². The number of rotatable bonds is 5. The molecule has 0 spiro atoms. The predicted octanol–water partition coefficient (Wildman–Crippen LogP) is 5.13. The fourth-order valence-corrected chi connectivity index (χ4v) is 7.69. The van der Waals surface area contributed by atoms with E-state index in [4.69, 9.17) is 4.74 Å². The van der Waals surface area contributed by atoms with Crippen LogP contribution in [0.1, 0.15) is 92.3 Å². The van der Waals surface area contributed by atoms with Crippen LogP contribution in [0.4, 0.5) is 0 Å². The number of fused-ring (bicyclic) bond motifs is 8. The number of amides is 1. The number of hydrogen-bond donors (Lipinski definition) is 2. The molecule has 2 fully saturated rings. The molecular weight excluding hydrogens is 540 g/mol. The second kappa shape index (κ2) is 12.9. The van der Waals surface area contributed by atoms with Crippen LogP contribution < -0.4 is 4.74 Å². The Hall–Kier alpha value is -3.00. The fraction of sp³-hybridized carbons (Fsp3) is 0.556. The molecule has 0 radical (unpaired) electrons. The summed E-state index contributed by atoms with van der Waals surface area (Å²) < 4.78 is 5.32. The molecule has 4 aliphatic rings. The van der Waals surface area contributed by atoms with Crippen LogP contribution in [0.2, 0.25) is 0 Å². The minimum atomic E-state index is -0.940. The summed E-state index contributed by atoms with van der Waals surface area (Å²) in [6.45, 7) is 9.40. The first-order valence-electron chi connectivity index (χ1n) is 15.9. The zero-order valence-electron chi connectivity index (χ0n) is 26.3. The van der Waals surface area contributed by atoms with Gasteiger partial charge in [0.05, 0.1) is 18.8 Å². The van der Waals surface area contributed by atoms with Gasteiger partial charge in [-0.05, 0) is 99.2 Å². The molecule has 2 bridgehead atoms. The molecule has 1 heterocycles. The number of aliphatic hydroxyl groups excluding tert-OH is 1. The topological polar surface area (TPSA) is 90.3 Å². The normalized spacial score (nSPS) is 28.6. The third kappa shape index (κ3) is 6.59. The average molecular weight is 589 g/mol. The van der Waals surface area contributed by atoms with Gasteiger partial charge in [0.1, 0.15) is 5.75 Å². The lowest BCUT2D eigenvalue weighted by Gasteiger charge is -2.47. The molecule has 1 saturated carbocycles. The number of methoxy groups -OCH3 is 1. The minimum Gasteiger partial charge on any atom is -0.497 e. The molecule has 0 unspecified atom stereocenters. The van der Waals surface area contributed by atoms with Crippen molar-refractivity contribution in [1.82, 2.24) is 9.80 Å². The highest BCUT2D eigenvalue weighted by molar-refractivity contribution is 6.10. The third-order valence-electron chi connectivity index (χ3n) is 10.6. The maximum absolute atomic E-state index is 14.2. The number of carbonyl (C=O) groups is 2. The SMILES string of the molecule is COc1ccc(C(=O)c2cc3ccc2[C@@H]2CC[C@@](O)(CN4CCN(C(C)=O)CC4)[C@@]2(C)CCC=C(C)CC[C@H](O)C3)cc1. The summed E-state index contributed by atoms with van der Waals surface area (Å²) in [7, 11) is 1.61. The molecule has 2 aromatic rings. The van der Waals surface area contributed by atoms with Gasteiger partial charge in [-0.3, -0.25) is 14.5 Å². The van der Waals surface area contributed by atoms with Crippen molar-refractivity contribution in [2.75, 3.05) is 39.8 Å². The van der Waals surface area contributed by atoms with Gasteiger partial charge in [-0.2, -0.15) is 0 Å². The average Bonchev–Trinajstić information content (AvgIpc) is 3.24. The van der Waals surface area contributed by atoms with Crippen molar-refractivity contribution in [3.05, 3.63) is 76.4 Å². The quantitative estimate of drug-likeness (QED) is 0.372. The van der Waals surface area contributed by atoms with E-state index < -0.39 is 17.1 Å². The van der Waals surface area contributed by atoms with E-state index in [1.165, 1.54) is 5.57 Å². The highest BCUT2D eigenvalue weighted by Crippen LogP contribution is 2.58. The van der Waals surface area contributed by atoms with E-state index in [-0.39, 0.29) is 17.6 Å². The predicted molar refractivity (Wildman–Crippen MR) is 169 cm³/mol. The Morgan fingerprint density at radius 3 is 2.42 bits per heavy atom. The molecule has 4 atom stereocenters. The van der Waals surface area contributed by atoms with Gasteiger partial charge in [-0.1, -0.05) is 30.7 Å². The Bertz CT molecular complexity index is 1350. The summed E-state index contributed by atoms with van der Waals surface area (Å²) in [5.41, 5.74) is 3.04. The summed E-state index contributed by atoms with van der Waals surface area (Å²) >= 11 is 0. The number of ketones is 1. The van der Waals surface area contributed by atoms with Crippen LogP contribution in [0.5, 0.6) is 5.75 Å². The molecule has 1 amide bonds. The molecule has 7 heteroatoms. The third-order valence-corrected chi connectivity index (χ3v) is 10.6. The van der Waals surface area contributed by atoms with Gasteiger partial charge >= 0.3 is 0 Å². The van der Waals surface area contributed by atoms with Gasteiger partial charge in [0.15, 0.2) is 5.78 Å². The Morgan fingerprint density at radius 2 is 1.74 bits per heavy atom. The number of carbonyl (C=O) groups excluding carboxylic acids is 2. The van der Waals surface area contributed by atoms with Crippen LogP contribution in [0.3, 0.4) is 0 Å². The van der Waals surface area contributed by atoms with Crippen molar-refractivity contribution in [2.45, 2.75) is 83.3 Å². The van der Waals surface area contributed by atoms with Crippen LogP contribution >= 0.6 is 0 Å². The molecule has 2 N–H and O–H groups in total. The van der Waals surface area contributed by atoms with Crippen molar-refractivity contribution < 1.29 is 24.5 Å². The lowest BCUT2D eigenvalue weighted by Crippen LogP contribution is -2.57. The largest absolute Gasteiger partial charge is 0.497 e. The highest BCUT2D eigenvalue weighted by Gasteiger charge is 2.57. The van der Waals surface area contributed by atoms with Crippen molar-refractivity contribution in [3.8, 4) is 5.75 Å². The number of nitrogens with zero attached hydrogens (tertiary/aromatic N) is 2. The number of ether oxygens (including phenoxy) is 1. The molecule has 0 aromatic heterocycles.